The molecule has 0 radical (unpaired) electrons. The molecular weight excluding hydrogens is 284 g/mol. The Bertz CT molecular complexity index is 943. The van der Waals surface area contributed by atoms with Crippen molar-refractivity contribution in [3.63, 3.8) is 0 Å². The van der Waals surface area contributed by atoms with Gasteiger partial charge in [0.15, 0.2) is 5.78 Å². The zero-order valence-electron chi connectivity index (χ0n) is 11.2. The van der Waals surface area contributed by atoms with Crippen LogP contribution in [0.5, 0.6) is 0 Å². The van der Waals surface area contributed by atoms with Crippen LogP contribution in [0.15, 0.2) is 47.3 Å². The van der Waals surface area contributed by atoms with Gasteiger partial charge in [0.1, 0.15) is 0 Å². The summed E-state index contributed by atoms with van der Waals surface area (Å²) in [6.45, 7) is 0. The predicted molar refractivity (Wildman–Crippen MR) is 81.7 cm³/mol. The van der Waals surface area contributed by atoms with Crippen LogP contribution in [0.1, 0.15) is 21.5 Å². The third-order valence-corrected chi connectivity index (χ3v) is 4.33. The molecule has 0 aliphatic rings. The summed E-state index contributed by atoms with van der Waals surface area (Å²) in [6, 6.07) is 13.8. The third-order valence-electron chi connectivity index (χ3n) is 3.33. The second-order valence-electron chi connectivity index (χ2n) is 4.63. The molecule has 0 N–H and O–H groups in total. The van der Waals surface area contributed by atoms with Crippen LogP contribution in [-0.4, -0.2) is 10.4 Å². The molecule has 3 aromatic rings. The first kappa shape index (κ1) is 13.3. The quantitative estimate of drug-likeness (QED) is 0.683. The van der Waals surface area contributed by atoms with Gasteiger partial charge < -0.3 is 4.57 Å². The summed E-state index contributed by atoms with van der Waals surface area (Å²) < 4.78 is 2.36. The van der Waals surface area contributed by atoms with Gasteiger partial charge in [-0.05, 0) is 42.5 Å². The number of fused-ring (bicyclic) bond motifs is 1. The highest BCUT2D eigenvalue weighted by Crippen LogP contribution is 2.20. The number of benzene rings is 2. The van der Waals surface area contributed by atoms with E-state index in [1.807, 2.05) is 6.07 Å². The van der Waals surface area contributed by atoms with Crippen molar-refractivity contribution in [3.05, 3.63) is 68.8 Å². The molecule has 4 nitrogen and oxygen atoms in total. The SMILES string of the molecule is Cn1c(=O)sc2cc(C(=O)c3ccc(C#N)cc3)ccc21. The van der Waals surface area contributed by atoms with Gasteiger partial charge in [-0.25, -0.2) is 0 Å². The Morgan fingerprint density at radius 1 is 1.14 bits per heavy atom. The predicted octanol–water partition coefficient (Wildman–Crippen LogP) is 2.70. The van der Waals surface area contributed by atoms with E-state index >= 15 is 0 Å². The van der Waals surface area contributed by atoms with Crippen LogP contribution in [0.25, 0.3) is 10.2 Å². The van der Waals surface area contributed by atoms with Gasteiger partial charge in [0.2, 0.25) is 0 Å². The minimum absolute atomic E-state index is 0.0482. The molecule has 3 rings (SSSR count). The molecule has 0 unspecified atom stereocenters. The molecule has 2 aromatic carbocycles. The Hall–Kier alpha value is -2.71. The lowest BCUT2D eigenvalue weighted by atomic mass is 10.0. The molecule has 1 aromatic heterocycles. The maximum atomic E-state index is 12.4. The number of aromatic nitrogens is 1. The normalized spacial score (nSPS) is 10.5. The highest BCUT2D eigenvalue weighted by molar-refractivity contribution is 7.16. The van der Waals surface area contributed by atoms with Crippen molar-refractivity contribution in [2.75, 3.05) is 0 Å². The van der Waals surface area contributed by atoms with Crippen molar-refractivity contribution in [2.24, 2.45) is 7.05 Å². The summed E-state index contributed by atoms with van der Waals surface area (Å²) >= 11 is 1.12. The van der Waals surface area contributed by atoms with E-state index in [4.69, 9.17) is 5.26 Å². The molecule has 0 spiro atoms. The van der Waals surface area contributed by atoms with Crippen LogP contribution >= 0.6 is 11.3 Å². The van der Waals surface area contributed by atoms with Gasteiger partial charge in [-0.3, -0.25) is 9.59 Å². The number of ketones is 1. The van der Waals surface area contributed by atoms with Gasteiger partial charge in [-0.15, -0.1) is 0 Å². The first-order chi connectivity index (χ1) is 10.1. The first-order valence-electron chi connectivity index (χ1n) is 6.24. The minimum Gasteiger partial charge on any atom is -0.302 e. The monoisotopic (exact) mass is 294 g/mol. The molecule has 0 aliphatic carbocycles. The van der Waals surface area contributed by atoms with Gasteiger partial charge >= 0.3 is 4.87 Å². The Morgan fingerprint density at radius 2 is 1.81 bits per heavy atom. The van der Waals surface area contributed by atoms with Gasteiger partial charge in [-0.1, -0.05) is 11.3 Å². The lowest BCUT2D eigenvalue weighted by Crippen LogP contribution is -2.06. The van der Waals surface area contributed by atoms with Crippen molar-refractivity contribution < 1.29 is 4.79 Å². The van der Waals surface area contributed by atoms with Crippen LogP contribution in [0, 0.1) is 11.3 Å². The van der Waals surface area contributed by atoms with E-state index < -0.39 is 0 Å². The summed E-state index contributed by atoms with van der Waals surface area (Å²) in [4.78, 5) is 24.0. The second kappa shape index (κ2) is 5.00. The molecule has 102 valence electrons. The Labute approximate surface area is 124 Å². The maximum absolute atomic E-state index is 12.4. The second-order valence-corrected chi connectivity index (χ2v) is 5.62. The molecule has 1 heterocycles. The highest BCUT2D eigenvalue weighted by atomic mass is 32.1. The lowest BCUT2D eigenvalue weighted by Gasteiger charge is -2.02. The zero-order chi connectivity index (χ0) is 15.0. The Kier molecular flexibility index (Phi) is 3.16. The standard InChI is InChI=1S/C16H10N2O2S/c1-18-13-7-6-12(8-14(13)21-16(18)20)15(19)11-4-2-10(9-17)3-5-11/h2-8H,1H3. The van der Waals surface area contributed by atoms with Crippen LogP contribution in [0.4, 0.5) is 0 Å². The zero-order valence-corrected chi connectivity index (χ0v) is 12.0. The fourth-order valence-corrected chi connectivity index (χ4v) is 3.06. The summed E-state index contributed by atoms with van der Waals surface area (Å²) in [7, 11) is 1.71. The van der Waals surface area contributed by atoms with Crippen molar-refractivity contribution in [3.8, 4) is 6.07 Å². The molecule has 0 saturated carbocycles. The van der Waals surface area contributed by atoms with Crippen LogP contribution in [0.3, 0.4) is 0 Å². The van der Waals surface area contributed by atoms with Gasteiger partial charge in [-0.2, -0.15) is 5.26 Å². The number of aryl methyl sites for hydroxylation is 1. The largest absolute Gasteiger partial charge is 0.307 e. The number of hydrogen-bond donors (Lipinski definition) is 0. The van der Waals surface area contributed by atoms with Gasteiger partial charge in [0.25, 0.3) is 0 Å². The lowest BCUT2D eigenvalue weighted by molar-refractivity contribution is 0.103. The summed E-state index contributed by atoms with van der Waals surface area (Å²) in [5.74, 6) is -0.120. The molecule has 21 heavy (non-hydrogen) atoms. The number of carbonyl (C=O) groups is 1. The molecule has 0 bridgehead atoms. The van der Waals surface area contributed by atoms with Crippen molar-refractivity contribution in [1.29, 1.82) is 5.26 Å². The Balaban J connectivity index is 2.05. The molecule has 0 fully saturated rings. The van der Waals surface area contributed by atoms with Gasteiger partial charge in [0, 0.05) is 18.2 Å². The summed E-state index contributed by atoms with van der Waals surface area (Å²) in [5.41, 5.74) is 2.40. The van der Waals surface area contributed by atoms with E-state index in [1.54, 1.807) is 54.1 Å². The fraction of sp³-hybridized carbons (Fsp3) is 0.0625. The van der Waals surface area contributed by atoms with E-state index in [-0.39, 0.29) is 10.7 Å². The summed E-state index contributed by atoms with van der Waals surface area (Å²) in [6.07, 6.45) is 0. The first-order valence-corrected chi connectivity index (χ1v) is 7.06. The molecule has 0 amide bonds. The number of rotatable bonds is 2. The van der Waals surface area contributed by atoms with Crippen LogP contribution in [0.2, 0.25) is 0 Å². The van der Waals surface area contributed by atoms with Crippen molar-refractivity contribution in [1.82, 2.24) is 4.57 Å². The number of nitrogens with zero attached hydrogens (tertiary/aromatic N) is 2. The molecule has 0 atom stereocenters. The van der Waals surface area contributed by atoms with E-state index in [9.17, 15) is 9.59 Å². The van der Waals surface area contributed by atoms with E-state index in [0.29, 0.717) is 16.7 Å². The van der Waals surface area contributed by atoms with E-state index in [0.717, 1.165) is 21.6 Å². The summed E-state index contributed by atoms with van der Waals surface area (Å²) in [5, 5.41) is 8.77. The van der Waals surface area contributed by atoms with E-state index in [2.05, 4.69) is 0 Å². The number of hydrogen-bond acceptors (Lipinski definition) is 4. The van der Waals surface area contributed by atoms with Crippen LogP contribution in [-0.2, 0) is 7.05 Å². The van der Waals surface area contributed by atoms with Crippen molar-refractivity contribution >= 4 is 27.3 Å². The average molecular weight is 294 g/mol. The molecular formula is C16H10N2O2S. The van der Waals surface area contributed by atoms with Gasteiger partial charge in [0.05, 0.1) is 21.8 Å². The molecule has 0 saturated heterocycles. The van der Waals surface area contributed by atoms with Crippen LogP contribution < -0.4 is 4.87 Å². The Morgan fingerprint density at radius 3 is 2.48 bits per heavy atom. The fourth-order valence-electron chi connectivity index (χ4n) is 2.14. The average Bonchev–Trinajstić information content (AvgIpc) is 2.81. The smallest absolute Gasteiger partial charge is 0.302 e. The third kappa shape index (κ3) is 2.26. The molecule has 0 aliphatic heterocycles. The highest BCUT2D eigenvalue weighted by Gasteiger charge is 2.12. The number of thiazole rings is 1. The molecule has 5 heteroatoms. The van der Waals surface area contributed by atoms with E-state index in [1.165, 1.54) is 0 Å². The maximum Gasteiger partial charge on any atom is 0.307 e. The topological polar surface area (TPSA) is 62.9 Å². The minimum atomic E-state index is -0.120. The number of carbonyl (C=O) groups excluding carboxylic acids is 1. The number of nitriles is 1. The van der Waals surface area contributed by atoms with Crippen molar-refractivity contribution in [2.45, 2.75) is 0 Å².